The topological polar surface area (TPSA) is 31.2 Å². The summed E-state index contributed by atoms with van der Waals surface area (Å²) in [5.74, 6) is 0. The molecule has 90 valence electrons. The number of hydrogen-bond acceptors (Lipinski definition) is 2. The molecule has 0 spiro atoms. The summed E-state index contributed by atoms with van der Waals surface area (Å²) in [5.41, 5.74) is 1.99. The van der Waals surface area contributed by atoms with Gasteiger partial charge in [0.25, 0.3) is 0 Å². The molecule has 0 aliphatic carbocycles. The standard InChI is InChI=1S/C14H17NO2/c1-3-11-10-15(8-9-17-2)13-7-5-4-6-12(13)14(11)16/h4-7,10H,3,8-9H2,1-2H3. The molecule has 0 aliphatic heterocycles. The maximum atomic E-state index is 12.1. The van der Waals surface area contributed by atoms with E-state index < -0.39 is 0 Å². The fourth-order valence-corrected chi connectivity index (χ4v) is 2.03. The molecule has 0 fully saturated rings. The lowest BCUT2D eigenvalue weighted by molar-refractivity contribution is 0.188. The van der Waals surface area contributed by atoms with Crippen LogP contribution in [0.2, 0.25) is 0 Å². The van der Waals surface area contributed by atoms with Crippen molar-refractivity contribution < 1.29 is 4.74 Å². The minimum absolute atomic E-state index is 0.150. The molecule has 3 heteroatoms. The van der Waals surface area contributed by atoms with Crippen molar-refractivity contribution in [3.8, 4) is 0 Å². The Morgan fingerprint density at radius 2 is 2.06 bits per heavy atom. The Balaban J connectivity index is 2.65. The highest BCUT2D eigenvalue weighted by molar-refractivity contribution is 5.79. The molecule has 0 aliphatic rings. The monoisotopic (exact) mass is 231 g/mol. The molecule has 1 aromatic heterocycles. The zero-order chi connectivity index (χ0) is 12.3. The lowest BCUT2D eigenvalue weighted by atomic mass is 10.1. The molecule has 0 radical (unpaired) electrons. The fourth-order valence-electron chi connectivity index (χ4n) is 2.03. The van der Waals surface area contributed by atoms with Crippen molar-refractivity contribution in [2.45, 2.75) is 19.9 Å². The molecule has 1 heterocycles. The number of methoxy groups -OCH3 is 1. The molecule has 1 aromatic carbocycles. The van der Waals surface area contributed by atoms with Crippen LogP contribution < -0.4 is 5.43 Å². The minimum Gasteiger partial charge on any atom is -0.383 e. The summed E-state index contributed by atoms with van der Waals surface area (Å²) in [7, 11) is 1.69. The number of benzene rings is 1. The summed E-state index contributed by atoms with van der Waals surface area (Å²) >= 11 is 0. The number of aromatic nitrogens is 1. The van der Waals surface area contributed by atoms with Gasteiger partial charge in [0.15, 0.2) is 5.43 Å². The van der Waals surface area contributed by atoms with Gasteiger partial charge in [-0.05, 0) is 18.6 Å². The quantitative estimate of drug-likeness (QED) is 0.807. The first-order valence-corrected chi connectivity index (χ1v) is 5.88. The maximum Gasteiger partial charge on any atom is 0.192 e. The number of pyridine rings is 1. The van der Waals surface area contributed by atoms with Crippen LogP contribution in [0.3, 0.4) is 0 Å². The first-order valence-electron chi connectivity index (χ1n) is 5.88. The van der Waals surface area contributed by atoms with Crippen LogP contribution in [-0.2, 0) is 17.7 Å². The molecular formula is C14H17NO2. The van der Waals surface area contributed by atoms with Crippen molar-refractivity contribution in [3.63, 3.8) is 0 Å². The number of ether oxygens (including phenoxy) is 1. The zero-order valence-electron chi connectivity index (χ0n) is 10.3. The third-order valence-electron chi connectivity index (χ3n) is 2.98. The Kier molecular flexibility index (Phi) is 3.59. The number of aryl methyl sites for hydroxylation is 1. The number of para-hydroxylation sites is 1. The number of rotatable bonds is 4. The summed E-state index contributed by atoms with van der Waals surface area (Å²) in [5, 5.41) is 0.794. The molecule has 17 heavy (non-hydrogen) atoms. The van der Waals surface area contributed by atoms with Gasteiger partial charge in [-0.15, -0.1) is 0 Å². The second-order valence-electron chi connectivity index (χ2n) is 4.04. The van der Waals surface area contributed by atoms with Crippen LogP contribution in [-0.4, -0.2) is 18.3 Å². The van der Waals surface area contributed by atoms with Gasteiger partial charge in [0, 0.05) is 30.8 Å². The van der Waals surface area contributed by atoms with Gasteiger partial charge >= 0.3 is 0 Å². The third kappa shape index (κ3) is 2.24. The molecule has 0 unspecified atom stereocenters. The van der Waals surface area contributed by atoms with Crippen LogP contribution in [0.1, 0.15) is 12.5 Å². The van der Waals surface area contributed by atoms with E-state index in [4.69, 9.17) is 4.74 Å². The van der Waals surface area contributed by atoms with Crippen molar-refractivity contribution in [1.29, 1.82) is 0 Å². The minimum atomic E-state index is 0.150. The molecule has 0 N–H and O–H groups in total. The predicted molar refractivity (Wildman–Crippen MR) is 69.5 cm³/mol. The van der Waals surface area contributed by atoms with Crippen molar-refractivity contribution in [2.75, 3.05) is 13.7 Å². The number of hydrogen-bond donors (Lipinski definition) is 0. The SMILES string of the molecule is CCc1cn(CCOC)c2ccccc2c1=O. The smallest absolute Gasteiger partial charge is 0.192 e. The van der Waals surface area contributed by atoms with E-state index in [1.165, 1.54) is 0 Å². The average Bonchev–Trinajstić information content (AvgIpc) is 2.38. The van der Waals surface area contributed by atoms with Gasteiger partial charge in [-0.2, -0.15) is 0 Å². The van der Waals surface area contributed by atoms with Crippen LogP contribution in [0.4, 0.5) is 0 Å². The van der Waals surface area contributed by atoms with E-state index in [2.05, 4.69) is 4.57 Å². The molecule has 0 amide bonds. The highest BCUT2D eigenvalue weighted by atomic mass is 16.5. The predicted octanol–water partition coefficient (Wildman–Crippen LogP) is 2.21. The second kappa shape index (κ2) is 5.15. The Morgan fingerprint density at radius 3 is 2.76 bits per heavy atom. The van der Waals surface area contributed by atoms with Crippen LogP contribution in [0.5, 0.6) is 0 Å². The summed E-state index contributed by atoms with van der Waals surface area (Å²) in [6.45, 7) is 3.42. The molecule has 2 aromatic rings. The van der Waals surface area contributed by atoms with Gasteiger partial charge in [-0.3, -0.25) is 4.79 Å². The normalized spacial score (nSPS) is 10.9. The Labute approximate surface area is 101 Å². The second-order valence-corrected chi connectivity index (χ2v) is 4.04. The van der Waals surface area contributed by atoms with Crippen molar-refractivity contribution in [2.24, 2.45) is 0 Å². The Bertz CT molecular complexity index is 572. The summed E-state index contributed by atoms with van der Waals surface area (Å²) in [6, 6.07) is 7.73. The van der Waals surface area contributed by atoms with Crippen LogP contribution >= 0.6 is 0 Å². The number of fused-ring (bicyclic) bond motifs is 1. The summed E-state index contributed by atoms with van der Waals surface area (Å²) in [6.07, 6.45) is 2.71. The lowest BCUT2D eigenvalue weighted by Gasteiger charge is -2.12. The Hall–Kier alpha value is -1.61. The molecule has 0 atom stereocenters. The molecule has 0 saturated heterocycles. The average molecular weight is 231 g/mol. The molecule has 2 rings (SSSR count). The first-order chi connectivity index (χ1) is 8.27. The highest BCUT2D eigenvalue weighted by Gasteiger charge is 2.06. The molecule has 0 saturated carbocycles. The van der Waals surface area contributed by atoms with Crippen molar-refractivity contribution in [3.05, 3.63) is 46.2 Å². The van der Waals surface area contributed by atoms with Crippen molar-refractivity contribution in [1.82, 2.24) is 4.57 Å². The van der Waals surface area contributed by atoms with Gasteiger partial charge in [-0.25, -0.2) is 0 Å². The van der Waals surface area contributed by atoms with E-state index in [1.807, 2.05) is 37.4 Å². The van der Waals surface area contributed by atoms with E-state index in [0.29, 0.717) is 6.61 Å². The van der Waals surface area contributed by atoms with Crippen LogP contribution in [0, 0.1) is 0 Å². The van der Waals surface area contributed by atoms with Crippen LogP contribution in [0.25, 0.3) is 10.9 Å². The maximum absolute atomic E-state index is 12.1. The molecule has 0 bridgehead atoms. The van der Waals surface area contributed by atoms with E-state index in [0.717, 1.165) is 29.4 Å². The van der Waals surface area contributed by atoms with E-state index in [1.54, 1.807) is 7.11 Å². The molecule has 3 nitrogen and oxygen atoms in total. The largest absolute Gasteiger partial charge is 0.383 e. The first kappa shape index (κ1) is 11.9. The van der Waals surface area contributed by atoms with Gasteiger partial charge in [0.1, 0.15) is 0 Å². The van der Waals surface area contributed by atoms with Gasteiger partial charge in [0.05, 0.1) is 12.1 Å². The van der Waals surface area contributed by atoms with Gasteiger partial charge in [-0.1, -0.05) is 19.1 Å². The summed E-state index contributed by atoms with van der Waals surface area (Å²) in [4.78, 5) is 12.1. The van der Waals surface area contributed by atoms with Gasteiger partial charge < -0.3 is 9.30 Å². The highest BCUT2D eigenvalue weighted by Crippen LogP contribution is 2.11. The third-order valence-corrected chi connectivity index (χ3v) is 2.98. The number of nitrogens with zero attached hydrogens (tertiary/aromatic N) is 1. The van der Waals surface area contributed by atoms with E-state index in [9.17, 15) is 4.79 Å². The van der Waals surface area contributed by atoms with E-state index >= 15 is 0 Å². The lowest BCUT2D eigenvalue weighted by Crippen LogP contribution is -2.15. The molecular weight excluding hydrogens is 214 g/mol. The zero-order valence-corrected chi connectivity index (χ0v) is 10.3. The fraction of sp³-hybridized carbons (Fsp3) is 0.357. The van der Waals surface area contributed by atoms with E-state index in [-0.39, 0.29) is 5.43 Å². The van der Waals surface area contributed by atoms with Crippen LogP contribution in [0.15, 0.2) is 35.3 Å². The van der Waals surface area contributed by atoms with Crippen molar-refractivity contribution >= 4 is 10.9 Å². The van der Waals surface area contributed by atoms with Gasteiger partial charge in [0.2, 0.25) is 0 Å². The summed E-state index contributed by atoms with van der Waals surface area (Å²) < 4.78 is 7.20. The Morgan fingerprint density at radius 1 is 1.29 bits per heavy atom.